The van der Waals surface area contributed by atoms with Crippen molar-refractivity contribution in [3.8, 4) is 5.75 Å². The van der Waals surface area contributed by atoms with Crippen LogP contribution in [0.1, 0.15) is 31.7 Å². The van der Waals surface area contributed by atoms with E-state index in [1.165, 1.54) is 0 Å². The van der Waals surface area contributed by atoms with Gasteiger partial charge in [-0.15, -0.1) is 0 Å². The van der Waals surface area contributed by atoms with E-state index in [0.29, 0.717) is 6.54 Å². The average molecular weight is 325 g/mol. The maximum atomic E-state index is 6.01. The molecule has 0 bridgehead atoms. The van der Waals surface area contributed by atoms with Crippen molar-refractivity contribution in [2.45, 2.75) is 39.8 Å². The fourth-order valence-electron chi connectivity index (χ4n) is 2.51. The number of hydrogen-bond acceptors (Lipinski definition) is 5. The van der Waals surface area contributed by atoms with Gasteiger partial charge in [-0.25, -0.2) is 9.97 Å². The van der Waals surface area contributed by atoms with Gasteiger partial charge in [-0.05, 0) is 26.3 Å². The van der Waals surface area contributed by atoms with Crippen molar-refractivity contribution in [3.63, 3.8) is 0 Å². The van der Waals surface area contributed by atoms with E-state index in [2.05, 4.69) is 40.3 Å². The monoisotopic (exact) mass is 325 g/mol. The second kappa shape index (κ2) is 6.86. The molecule has 6 heteroatoms. The van der Waals surface area contributed by atoms with Crippen molar-refractivity contribution in [2.75, 3.05) is 5.32 Å². The van der Waals surface area contributed by atoms with Crippen LogP contribution in [-0.4, -0.2) is 25.9 Å². The molecule has 126 valence electrons. The van der Waals surface area contributed by atoms with Crippen molar-refractivity contribution < 1.29 is 4.74 Å². The molecule has 0 aliphatic heterocycles. The molecule has 1 aromatic carbocycles. The van der Waals surface area contributed by atoms with Gasteiger partial charge in [-0.1, -0.05) is 25.1 Å². The molecule has 2 heterocycles. The summed E-state index contributed by atoms with van der Waals surface area (Å²) in [5, 5.41) is 8.60. The van der Waals surface area contributed by atoms with Gasteiger partial charge >= 0.3 is 0 Å². The number of ether oxygens (including phenoxy) is 1. The third-order valence-electron chi connectivity index (χ3n) is 4.03. The fraction of sp³-hybridized carbons (Fsp3) is 0.389. The van der Waals surface area contributed by atoms with Crippen molar-refractivity contribution in [1.29, 1.82) is 0 Å². The molecule has 24 heavy (non-hydrogen) atoms. The lowest BCUT2D eigenvalue weighted by Gasteiger charge is -2.16. The van der Waals surface area contributed by atoms with Crippen molar-refractivity contribution in [1.82, 2.24) is 19.7 Å². The van der Waals surface area contributed by atoms with E-state index in [0.717, 1.165) is 40.4 Å². The topological polar surface area (TPSA) is 64.9 Å². The minimum absolute atomic E-state index is 0.192. The molecule has 1 unspecified atom stereocenters. The second-order valence-corrected chi connectivity index (χ2v) is 5.92. The molecule has 0 aliphatic rings. The molecule has 3 rings (SSSR count). The van der Waals surface area contributed by atoms with Crippen molar-refractivity contribution in [3.05, 3.63) is 41.9 Å². The van der Waals surface area contributed by atoms with Crippen LogP contribution in [0.25, 0.3) is 11.0 Å². The minimum Gasteiger partial charge on any atom is -0.490 e. The number of nitrogens with one attached hydrogen (secondary N) is 1. The van der Waals surface area contributed by atoms with E-state index in [4.69, 9.17) is 4.74 Å². The molecule has 1 N–H and O–H groups in total. The number of anilines is 1. The number of benzene rings is 1. The van der Waals surface area contributed by atoms with Crippen molar-refractivity contribution >= 4 is 16.9 Å². The Morgan fingerprint density at radius 3 is 2.83 bits per heavy atom. The van der Waals surface area contributed by atoms with Gasteiger partial charge < -0.3 is 10.1 Å². The number of aryl methyl sites for hydroxylation is 2. The van der Waals surface area contributed by atoms with Gasteiger partial charge in [0, 0.05) is 19.2 Å². The number of rotatable bonds is 6. The zero-order valence-electron chi connectivity index (χ0n) is 14.6. The Labute approximate surface area is 141 Å². The third kappa shape index (κ3) is 3.32. The standard InChI is InChI=1S/C18H23N5O/c1-5-12(2)24-16-9-7-6-8-14(16)10-19-17-15-11-20-23(4)18(15)22-13(3)21-17/h6-9,11-12H,5,10H2,1-4H3,(H,19,21,22). The number of fused-ring (bicyclic) bond motifs is 1. The third-order valence-corrected chi connectivity index (χ3v) is 4.03. The Kier molecular flexibility index (Phi) is 4.64. The predicted molar refractivity (Wildman–Crippen MR) is 95.2 cm³/mol. The van der Waals surface area contributed by atoms with E-state index < -0.39 is 0 Å². The van der Waals surface area contributed by atoms with Crippen LogP contribution in [0.3, 0.4) is 0 Å². The molecule has 1 atom stereocenters. The molecular formula is C18H23N5O. The highest BCUT2D eigenvalue weighted by molar-refractivity contribution is 5.86. The molecule has 0 radical (unpaired) electrons. The van der Waals surface area contributed by atoms with Crippen LogP contribution < -0.4 is 10.1 Å². The zero-order chi connectivity index (χ0) is 17.1. The van der Waals surface area contributed by atoms with Gasteiger partial charge in [0.2, 0.25) is 0 Å². The highest BCUT2D eigenvalue weighted by atomic mass is 16.5. The second-order valence-electron chi connectivity index (χ2n) is 5.92. The maximum absolute atomic E-state index is 6.01. The van der Waals surface area contributed by atoms with Gasteiger partial charge in [-0.3, -0.25) is 4.68 Å². The van der Waals surface area contributed by atoms with Crippen LogP contribution in [0.2, 0.25) is 0 Å². The Bertz CT molecular complexity index is 843. The van der Waals surface area contributed by atoms with E-state index >= 15 is 0 Å². The predicted octanol–water partition coefficient (Wildman–Crippen LogP) is 3.46. The average Bonchev–Trinajstić information content (AvgIpc) is 2.95. The molecule has 6 nitrogen and oxygen atoms in total. The summed E-state index contributed by atoms with van der Waals surface area (Å²) in [6.45, 7) is 6.72. The summed E-state index contributed by atoms with van der Waals surface area (Å²) in [4.78, 5) is 8.96. The molecule has 0 amide bonds. The van der Waals surface area contributed by atoms with E-state index in [1.54, 1.807) is 10.9 Å². The Balaban J connectivity index is 1.84. The van der Waals surface area contributed by atoms with Gasteiger partial charge in [0.15, 0.2) is 5.65 Å². The normalized spacial score (nSPS) is 12.3. The summed E-state index contributed by atoms with van der Waals surface area (Å²) in [5.41, 5.74) is 1.93. The summed E-state index contributed by atoms with van der Waals surface area (Å²) < 4.78 is 7.77. The molecule has 2 aromatic heterocycles. The Morgan fingerprint density at radius 1 is 1.25 bits per heavy atom. The number of hydrogen-bond donors (Lipinski definition) is 1. The quantitative estimate of drug-likeness (QED) is 0.752. The molecule has 0 fully saturated rings. The van der Waals surface area contributed by atoms with Crippen molar-refractivity contribution in [2.24, 2.45) is 7.05 Å². The molecule has 3 aromatic rings. The minimum atomic E-state index is 0.192. The molecule has 0 spiro atoms. The van der Waals surface area contributed by atoms with Gasteiger partial charge in [0.25, 0.3) is 0 Å². The smallest absolute Gasteiger partial charge is 0.163 e. The maximum Gasteiger partial charge on any atom is 0.163 e. The van der Waals surface area contributed by atoms with Crippen LogP contribution in [0.15, 0.2) is 30.5 Å². The lowest BCUT2D eigenvalue weighted by molar-refractivity contribution is 0.215. The summed E-state index contributed by atoms with van der Waals surface area (Å²) in [6, 6.07) is 8.09. The van der Waals surface area contributed by atoms with Crippen LogP contribution >= 0.6 is 0 Å². The first kappa shape index (κ1) is 16.2. The molecule has 0 aliphatic carbocycles. The van der Waals surface area contributed by atoms with Gasteiger partial charge in [0.05, 0.1) is 17.7 Å². The summed E-state index contributed by atoms with van der Waals surface area (Å²) in [6.07, 6.45) is 2.96. The Morgan fingerprint density at radius 2 is 2.04 bits per heavy atom. The number of para-hydroxylation sites is 1. The van der Waals surface area contributed by atoms with Crippen LogP contribution in [0.4, 0.5) is 5.82 Å². The first-order chi connectivity index (χ1) is 11.6. The number of nitrogens with zero attached hydrogens (tertiary/aromatic N) is 4. The summed E-state index contributed by atoms with van der Waals surface area (Å²) in [7, 11) is 1.88. The van der Waals surface area contributed by atoms with Gasteiger partial charge in [0.1, 0.15) is 17.4 Å². The SMILES string of the molecule is CCC(C)Oc1ccccc1CNc1nc(C)nc2c1cnn2C. The summed E-state index contributed by atoms with van der Waals surface area (Å²) >= 11 is 0. The highest BCUT2D eigenvalue weighted by Gasteiger charge is 2.11. The zero-order valence-corrected chi connectivity index (χ0v) is 14.6. The largest absolute Gasteiger partial charge is 0.490 e. The van der Waals surface area contributed by atoms with Crippen LogP contribution in [-0.2, 0) is 13.6 Å². The highest BCUT2D eigenvalue weighted by Crippen LogP contribution is 2.24. The number of aromatic nitrogens is 4. The Hall–Kier alpha value is -2.63. The van der Waals surface area contributed by atoms with E-state index in [1.807, 2.05) is 32.2 Å². The first-order valence-electron chi connectivity index (χ1n) is 8.23. The first-order valence-corrected chi connectivity index (χ1v) is 8.23. The lowest BCUT2D eigenvalue weighted by Crippen LogP contribution is -2.12. The lowest BCUT2D eigenvalue weighted by atomic mass is 10.2. The van der Waals surface area contributed by atoms with Crippen LogP contribution in [0.5, 0.6) is 5.75 Å². The molecular weight excluding hydrogens is 302 g/mol. The fourth-order valence-corrected chi connectivity index (χ4v) is 2.51. The van der Waals surface area contributed by atoms with E-state index in [-0.39, 0.29) is 6.10 Å². The molecule has 0 saturated heterocycles. The summed E-state index contributed by atoms with van der Waals surface area (Å²) in [5.74, 6) is 2.43. The van der Waals surface area contributed by atoms with E-state index in [9.17, 15) is 0 Å². The van der Waals surface area contributed by atoms with Gasteiger partial charge in [-0.2, -0.15) is 5.10 Å². The molecule has 0 saturated carbocycles. The van der Waals surface area contributed by atoms with Crippen LogP contribution in [0, 0.1) is 6.92 Å².